The second-order valence-electron chi connectivity index (χ2n) is 9.05. The molecule has 0 unspecified atom stereocenters. The van der Waals surface area contributed by atoms with Gasteiger partial charge in [0.15, 0.2) is 11.6 Å². The molecular weight excluding hydrogens is 526 g/mol. The third kappa shape index (κ3) is 7.40. The molecule has 0 radical (unpaired) electrons. The number of carbonyl (C=O) groups is 3. The van der Waals surface area contributed by atoms with Gasteiger partial charge in [-0.2, -0.15) is 0 Å². The van der Waals surface area contributed by atoms with Gasteiger partial charge in [0.25, 0.3) is 5.91 Å². The molecule has 2 heterocycles. The number of ether oxygens (including phenoxy) is 1. The van der Waals surface area contributed by atoms with Crippen LogP contribution in [0.15, 0.2) is 60.9 Å². The SMILES string of the molecule is O=C(N[C@@H](CNC(=O)c1ccc(N2CCC(Nc3ncccn3)CC2)c(F)c1F)C(=O)O)OCc1ccccc1. The number of piperidine rings is 1. The molecule has 4 N–H and O–H groups in total. The first-order valence-electron chi connectivity index (χ1n) is 12.6. The number of amides is 2. The summed E-state index contributed by atoms with van der Waals surface area (Å²) in [5.74, 6) is -4.51. The number of nitrogens with one attached hydrogen (secondary N) is 3. The predicted molar refractivity (Wildman–Crippen MR) is 141 cm³/mol. The summed E-state index contributed by atoms with van der Waals surface area (Å²) in [7, 11) is 0. The van der Waals surface area contributed by atoms with Crippen LogP contribution in [0.5, 0.6) is 0 Å². The first-order chi connectivity index (χ1) is 19.3. The molecule has 1 aliphatic rings. The molecule has 13 heteroatoms. The Balaban J connectivity index is 1.30. The van der Waals surface area contributed by atoms with Crippen LogP contribution in [0.1, 0.15) is 28.8 Å². The lowest BCUT2D eigenvalue weighted by Crippen LogP contribution is -2.48. The van der Waals surface area contributed by atoms with Gasteiger partial charge in [0.1, 0.15) is 12.6 Å². The summed E-state index contributed by atoms with van der Waals surface area (Å²) in [5, 5.41) is 17.0. The van der Waals surface area contributed by atoms with E-state index in [1.807, 2.05) is 0 Å². The highest BCUT2D eigenvalue weighted by molar-refractivity contribution is 5.95. The Bertz CT molecular complexity index is 1320. The Kier molecular flexibility index (Phi) is 9.39. The molecule has 11 nitrogen and oxygen atoms in total. The van der Waals surface area contributed by atoms with Crippen LogP contribution >= 0.6 is 0 Å². The Hall–Kier alpha value is -4.81. The lowest BCUT2D eigenvalue weighted by Gasteiger charge is -2.34. The molecule has 1 aromatic heterocycles. The number of hydrogen-bond donors (Lipinski definition) is 4. The van der Waals surface area contributed by atoms with Crippen molar-refractivity contribution >= 4 is 29.6 Å². The highest BCUT2D eigenvalue weighted by Gasteiger charge is 2.27. The number of carbonyl (C=O) groups excluding carboxylic acids is 2. The fourth-order valence-corrected chi connectivity index (χ4v) is 4.18. The maximum Gasteiger partial charge on any atom is 0.408 e. The first-order valence-corrected chi connectivity index (χ1v) is 12.6. The summed E-state index contributed by atoms with van der Waals surface area (Å²) in [6.07, 6.45) is 3.51. The van der Waals surface area contributed by atoms with Crippen molar-refractivity contribution in [1.82, 2.24) is 20.6 Å². The average Bonchev–Trinajstić information content (AvgIpc) is 2.97. The highest BCUT2D eigenvalue weighted by atomic mass is 19.2. The van der Waals surface area contributed by atoms with Crippen molar-refractivity contribution in [3.63, 3.8) is 0 Å². The molecule has 0 bridgehead atoms. The van der Waals surface area contributed by atoms with Crippen molar-refractivity contribution in [2.45, 2.75) is 31.5 Å². The van der Waals surface area contributed by atoms with Gasteiger partial charge < -0.3 is 30.7 Å². The smallest absolute Gasteiger partial charge is 0.408 e. The topological polar surface area (TPSA) is 146 Å². The summed E-state index contributed by atoms with van der Waals surface area (Å²) in [6.45, 7) is 0.221. The number of anilines is 2. The molecule has 4 rings (SSSR count). The molecule has 210 valence electrons. The Morgan fingerprint density at radius 3 is 2.38 bits per heavy atom. The largest absolute Gasteiger partial charge is 0.480 e. The number of alkyl carbamates (subject to hydrolysis) is 1. The Morgan fingerprint density at radius 2 is 1.70 bits per heavy atom. The van der Waals surface area contributed by atoms with E-state index >= 15 is 0 Å². The van der Waals surface area contributed by atoms with Gasteiger partial charge in [-0.15, -0.1) is 0 Å². The van der Waals surface area contributed by atoms with Gasteiger partial charge >= 0.3 is 12.1 Å². The van der Waals surface area contributed by atoms with Crippen LogP contribution in [0.2, 0.25) is 0 Å². The summed E-state index contributed by atoms with van der Waals surface area (Å²) in [6, 6.07) is 11.4. The second kappa shape index (κ2) is 13.3. The van der Waals surface area contributed by atoms with E-state index in [4.69, 9.17) is 4.74 Å². The van der Waals surface area contributed by atoms with E-state index in [1.165, 1.54) is 6.07 Å². The molecule has 40 heavy (non-hydrogen) atoms. The van der Waals surface area contributed by atoms with E-state index in [-0.39, 0.29) is 18.3 Å². The van der Waals surface area contributed by atoms with E-state index in [1.54, 1.807) is 53.7 Å². The molecule has 0 saturated carbocycles. The monoisotopic (exact) mass is 554 g/mol. The minimum Gasteiger partial charge on any atom is -0.480 e. The van der Waals surface area contributed by atoms with Crippen LogP contribution in [0.4, 0.5) is 25.2 Å². The van der Waals surface area contributed by atoms with E-state index in [9.17, 15) is 28.3 Å². The molecule has 3 aromatic rings. The van der Waals surface area contributed by atoms with Crippen molar-refractivity contribution in [3.8, 4) is 0 Å². The number of carboxylic acids is 1. The summed E-state index contributed by atoms with van der Waals surface area (Å²) in [5.41, 5.74) is 0.131. The number of aliphatic carboxylic acids is 1. The highest BCUT2D eigenvalue weighted by Crippen LogP contribution is 2.27. The lowest BCUT2D eigenvalue weighted by atomic mass is 10.0. The second-order valence-corrected chi connectivity index (χ2v) is 9.05. The van der Waals surface area contributed by atoms with Crippen LogP contribution in [0, 0.1) is 11.6 Å². The molecule has 0 aliphatic carbocycles. The van der Waals surface area contributed by atoms with Crippen LogP contribution in [-0.2, 0) is 16.1 Å². The fourth-order valence-electron chi connectivity index (χ4n) is 4.18. The van der Waals surface area contributed by atoms with Crippen molar-refractivity contribution < 1.29 is 33.0 Å². The molecule has 1 aliphatic heterocycles. The van der Waals surface area contributed by atoms with Crippen molar-refractivity contribution in [2.24, 2.45) is 0 Å². The Morgan fingerprint density at radius 1 is 1.00 bits per heavy atom. The van der Waals surface area contributed by atoms with Gasteiger partial charge in [-0.1, -0.05) is 30.3 Å². The van der Waals surface area contributed by atoms with Gasteiger partial charge in [0, 0.05) is 38.1 Å². The van der Waals surface area contributed by atoms with Crippen molar-refractivity contribution in [1.29, 1.82) is 0 Å². The number of carboxylic acid groups (broad SMARTS) is 1. The average molecular weight is 555 g/mol. The van der Waals surface area contributed by atoms with Crippen LogP contribution in [0.25, 0.3) is 0 Å². The standard InChI is InChI=1S/C27H28F2N6O5/c28-22-19(24(36)32-15-20(25(37)38)34-27(39)40-16-17-5-2-1-3-6-17)7-8-21(23(22)29)35-13-9-18(10-14-35)33-26-30-11-4-12-31-26/h1-8,11-12,18,20H,9-10,13-16H2,(H,32,36)(H,34,39)(H,37,38)(H,30,31,33)/t20-/m0/s1. The molecule has 1 saturated heterocycles. The lowest BCUT2D eigenvalue weighted by molar-refractivity contribution is -0.139. The van der Waals surface area contributed by atoms with E-state index in [2.05, 4.69) is 25.9 Å². The number of benzene rings is 2. The minimum absolute atomic E-state index is 0.0229. The van der Waals surface area contributed by atoms with Gasteiger partial charge in [-0.25, -0.2) is 28.3 Å². The van der Waals surface area contributed by atoms with Gasteiger partial charge in [-0.05, 0) is 36.6 Å². The maximum atomic E-state index is 15.0. The minimum atomic E-state index is -1.56. The van der Waals surface area contributed by atoms with E-state index < -0.39 is 47.8 Å². The first kappa shape index (κ1) is 28.2. The van der Waals surface area contributed by atoms with Gasteiger partial charge in [0.05, 0.1) is 11.3 Å². The fraction of sp³-hybridized carbons (Fsp3) is 0.296. The van der Waals surface area contributed by atoms with Crippen LogP contribution in [-0.4, -0.2) is 64.8 Å². The number of halogens is 2. The zero-order chi connectivity index (χ0) is 28.5. The van der Waals surface area contributed by atoms with Gasteiger partial charge in [-0.3, -0.25) is 4.79 Å². The van der Waals surface area contributed by atoms with Crippen LogP contribution < -0.4 is 20.9 Å². The number of aromatic nitrogens is 2. The third-order valence-electron chi connectivity index (χ3n) is 6.31. The third-order valence-corrected chi connectivity index (χ3v) is 6.31. The summed E-state index contributed by atoms with van der Waals surface area (Å²) in [4.78, 5) is 46.1. The molecule has 0 spiro atoms. The zero-order valence-electron chi connectivity index (χ0n) is 21.3. The van der Waals surface area contributed by atoms with E-state index in [0.717, 1.165) is 6.07 Å². The summed E-state index contributed by atoms with van der Waals surface area (Å²) >= 11 is 0. The summed E-state index contributed by atoms with van der Waals surface area (Å²) < 4.78 is 34.9. The molecule has 1 atom stereocenters. The van der Waals surface area contributed by atoms with Crippen LogP contribution in [0.3, 0.4) is 0 Å². The zero-order valence-corrected chi connectivity index (χ0v) is 21.3. The van der Waals surface area contributed by atoms with Gasteiger partial charge in [0.2, 0.25) is 5.95 Å². The maximum absolute atomic E-state index is 15.0. The molecular formula is C27H28F2N6O5. The normalized spacial score (nSPS) is 14.2. The van der Waals surface area contributed by atoms with E-state index in [0.29, 0.717) is 37.4 Å². The molecule has 2 aromatic carbocycles. The quantitative estimate of drug-likeness (QED) is 0.297. The molecule has 1 fully saturated rings. The Labute approximate surface area is 228 Å². The molecule has 2 amide bonds. The number of hydrogen-bond acceptors (Lipinski definition) is 8. The van der Waals surface area contributed by atoms with Crippen molar-refractivity contribution in [3.05, 3.63) is 83.7 Å². The van der Waals surface area contributed by atoms with Crippen molar-refractivity contribution in [2.75, 3.05) is 29.9 Å². The number of nitrogens with zero attached hydrogens (tertiary/aromatic N) is 3. The number of rotatable bonds is 10. The predicted octanol–water partition coefficient (Wildman–Crippen LogP) is 2.95.